The van der Waals surface area contributed by atoms with Crippen molar-refractivity contribution in [3.05, 3.63) is 60.2 Å². The van der Waals surface area contributed by atoms with E-state index in [1.165, 1.54) is 0 Å². The Balaban J connectivity index is 0.00000225. The Hall–Kier alpha value is -0.534. The molecule has 0 aliphatic carbocycles. The first-order valence-electron chi connectivity index (χ1n) is 7.82. The molecule has 3 aromatic rings. The smallest absolute Gasteiger partial charge is 0.547 e. The van der Waals surface area contributed by atoms with E-state index in [4.69, 9.17) is 4.74 Å². The minimum absolute atomic E-state index is 0. The Morgan fingerprint density at radius 2 is 1.64 bits per heavy atom. The van der Waals surface area contributed by atoms with E-state index in [0.29, 0.717) is 5.56 Å². The van der Waals surface area contributed by atoms with Crippen LogP contribution in [0, 0.1) is 0 Å². The number of hydrogen-bond acceptors (Lipinski definition) is 4. The van der Waals surface area contributed by atoms with E-state index >= 15 is 0 Å². The molecule has 0 amide bonds. The van der Waals surface area contributed by atoms with Crippen molar-refractivity contribution >= 4 is 27.4 Å². The Labute approximate surface area is 194 Å². The van der Waals surface area contributed by atoms with Gasteiger partial charge >= 0.3 is 51.4 Å². The predicted molar refractivity (Wildman–Crippen MR) is 95.8 cm³/mol. The molecule has 0 N–H and O–H groups in total. The predicted octanol–water partition coefficient (Wildman–Crippen LogP) is 1.18. The van der Waals surface area contributed by atoms with Crippen LogP contribution in [-0.4, -0.2) is 11.6 Å². The summed E-state index contributed by atoms with van der Waals surface area (Å²) in [4.78, 5) is 12.8. The summed E-state index contributed by atoms with van der Waals surface area (Å²) in [6, 6.07) is 17.6. The van der Waals surface area contributed by atoms with Crippen LogP contribution in [0.15, 0.2) is 54.6 Å². The average molecular weight is 379 g/mol. The van der Waals surface area contributed by atoms with Crippen LogP contribution >= 0.6 is 11.3 Å². The number of carboxylic acids is 1. The number of aliphatic carboxylic acids is 1. The SMILES string of the molecule is CC(C)(C)OC(C(=O)[O-])c1c(-c2ccccc2)sc2ccccc12.[K+]. The fraction of sp³-hybridized carbons (Fsp3) is 0.250. The molecule has 1 heterocycles. The summed E-state index contributed by atoms with van der Waals surface area (Å²) >= 11 is 1.58. The minimum atomic E-state index is -1.22. The Morgan fingerprint density at radius 1 is 1.04 bits per heavy atom. The van der Waals surface area contributed by atoms with Crippen LogP contribution in [-0.2, 0) is 9.53 Å². The van der Waals surface area contributed by atoms with Gasteiger partial charge in [-0.2, -0.15) is 0 Å². The normalized spacial score (nSPS) is 12.6. The van der Waals surface area contributed by atoms with Crippen LogP contribution in [0.2, 0.25) is 0 Å². The molecule has 0 aliphatic heterocycles. The number of benzene rings is 2. The average Bonchev–Trinajstić information content (AvgIpc) is 2.91. The van der Waals surface area contributed by atoms with Crippen molar-refractivity contribution in [2.24, 2.45) is 0 Å². The van der Waals surface area contributed by atoms with Crippen molar-refractivity contribution in [1.29, 1.82) is 0 Å². The van der Waals surface area contributed by atoms with E-state index in [1.807, 2.05) is 75.4 Å². The molecular formula is C20H19KO3S. The van der Waals surface area contributed by atoms with E-state index < -0.39 is 17.7 Å². The third-order valence-electron chi connectivity index (χ3n) is 3.62. The van der Waals surface area contributed by atoms with Crippen molar-refractivity contribution < 1.29 is 66.0 Å². The number of hydrogen-bond donors (Lipinski definition) is 0. The summed E-state index contributed by atoms with van der Waals surface area (Å²) in [6.07, 6.45) is -1.11. The zero-order chi connectivity index (χ0) is 17.3. The molecule has 1 aromatic heterocycles. The number of fused-ring (bicyclic) bond motifs is 1. The number of thiophene rings is 1. The van der Waals surface area contributed by atoms with Crippen LogP contribution in [0.3, 0.4) is 0 Å². The van der Waals surface area contributed by atoms with Gasteiger partial charge in [-0.05, 0) is 37.8 Å². The van der Waals surface area contributed by atoms with E-state index in [1.54, 1.807) is 11.3 Å². The van der Waals surface area contributed by atoms with Gasteiger partial charge in [0, 0.05) is 15.1 Å². The van der Waals surface area contributed by atoms with Crippen molar-refractivity contribution in [3.63, 3.8) is 0 Å². The van der Waals surface area contributed by atoms with Gasteiger partial charge in [-0.3, -0.25) is 0 Å². The molecule has 0 aliphatic rings. The van der Waals surface area contributed by atoms with Crippen molar-refractivity contribution in [1.82, 2.24) is 0 Å². The third kappa shape index (κ3) is 4.80. The zero-order valence-electron chi connectivity index (χ0n) is 14.9. The van der Waals surface area contributed by atoms with Gasteiger partial charge in [0.25, 0.3) is 0 Å². The van der Waals surface area contributed by atoms with Gasteiger partial charge in [-0.15, -0.1) is 11.3 Å². The van der Waals surface area contributed by atoms with Gasteiger partial charge < -0.3 is 14.6 Å². The van der Waals surface area contributed by atoms with Crippen molar-refractivity contribution in [2.45, 2.75) is 32.5 Å². The maximum Gasteiger partial charge on any atom is 1.00 e. The topological polar surface area (TPSA) is 49.4 Å². The first-order chi connectivity index (χ1) is 11.4. The van der Waals surface area contributed by atoms with Crippen LogP contribution in [0.4, 0.5) is 0 Å². The molecule has 0 bridgehead atoms. The summed E-state index contributed by atoms with van der Waals surface area (Å²) in [5.74, 6) is -1.22. The maximum atomic E-state index is 11.9. The molecule has 1 atom stereocenters. The molecule has 25 heavy (non-hydrogen) atoms. The standard InChI is InChI=1S/C20H20O3S.K/c1-20(2,3)23-17(19(21)22)16-14-11-7-8-12-15(14)24-18(16)13-9-5-4-6-10-13;/h4-12,17H,1-3H3,(H,21,22);/q;+1/p-1. The second-order valence-electron chi connectivity index (χ2n) is 6.64. The molecule has 0 saturated heterocycles. The number of carboxylic acid groups (broad SMARTS) is 1. The third-order valence-corrected chi connectivity index (χ3v) is 4.85. The zero-order valence-corrected chi connectivity index (χ0v) is 18.8. The van der Waals surface area contributed by atoms with Gasteiger partial charge in [-0.1, -0.05) is 48.5 Å². The second-order valence-corrected chi connectivity index (χ2v) is 7.69. The minimum Gasteiger partial charge on any atom is -0.547 e. The van der Waals surface area contributed by atoms with E-state index in [2.05, 4.69) is 0 Å². The molecule has 0 radical (unpaired) electrons. The fourth-order valence-electron chi connectivity index (χ4n) is 2.71. The summed E-state index contributed by atoms with van der Waals surface area (Å²) in [5.41, 5.74) is 1.07. The summed E-state index contributed by atoms with van der Waals surface area (Å²) < 4.78 is 6.90. The second kappa shape index (κ2) is 8.44. The van der Waals surface area contributed by atoms with Crippen molar-refractivity contribution in [2.75, 3.05) is 0 Å². The quantitative estimate of drug-likeness (QED) is 0.641. The number of carbonyl (C=O) groups excluding carboxylic acids is 1. The molecule has 2 aromatic carbocycles. The molecule has 0 fully saturated rings. The van der Waals surface area contributed by atoms with Gasteiger partial charge in [0.05, 0.1) is 11.6 Å². The summed E-state index contributed by atoms with van der Waals surface area (Å²) in [6.45, 7) is 5.54. The van der Waals surface area contributed by atoms with Crippen LogP contribution in [0.1, 0.15) is 32.4 Å². The van der Waals surface area contributed by atoms with E-state index in [0.717, 1.165) is 20.5 Å². The monoisotopic (exact) mass is 378 g/mol. The Bertz CT molecular complexity index is 866. The van der Waals surface area contributed by atoms with Crippen LogP contribution in [0.5, 0.6) is 0 Å². The Morgan fingerprint density at radius 3 is 2.24 bits per heavy atom. The molecule has 124 valence electrons. The number of carbonyl (C=O) groups is 1. The molecular weight excluding hydrogens is 359 g/mol. The largest absolute Gasteiger partial charge is 1.00 e. The van der Waals surface area contributed by atoms with Crippen LogP contribution < -0.4 is 56.5 Å². The van der Waals surface area contributed by atoms with Gasteiger partial charge in [0.15, 0.2) is 0 Å². The fourth-order valence-corrected chi connectivity index (χ4v) is 3.94. The first-order valence-corrected chi connectivity index (χ1v) is 8.64. The molecule has 3 nitrogen and oxygen atoms in total. The van der Waals surface area contributed by atoms with E-state index in [-0.39, 0.29) is 51.4 Å². The molecule has 0 saturated carbocycles. The molecule has 3 rings (SSSR count). The number of ether oxygens (including phenoxy) is 1. The van der Waals surface area contributed by atoms with Crippen LogP contribution in [0.25, 0.3) is 20.5 Å². The summed E-state index contributed by atoms with van der Waals surface area (Å²) in [5, 5.41) is 12.8. The van der Waals surface area contributed by atoms with E-state index in [9.17, 15) is 9.90 Å². The maximum absolute atomic E-state index is 11.9. The molecule has 1 unspecified atom stereocenters. The first kappa shape index (κ1) is 20.8. The molecule has 0 spiro atoms. The van der Waals surface area contributed by atoms with Gasteiger partial charge in [0.1, 0.15) is 6.10 Å². The summed E-state index contributed by atoms with van der Waals surface area (Å²) in [7, 11) is 0. The van der Waals surface area contributed by atoms with Crippen molar-refractivity contribution in [3.8, 4) is 10.4 Å². The number of rotatable bonds is 4. The van der Waals surface area contributed by atoms with Gasteiger partial charge in [-0.25, -0.2) is 0 Å². The Kier molecular flexibility index (Phi) is 7.01. The molecule has 5 heteroatoms. The van der Waals surface area contributed by atoms with Gasteiger partial charge in [0.2, 0.25) is 0 Å².